The van der Waals surface area contributed by atoms with Crippen molar-refractivity contribution in [3.63, 3.8) is 0 Å². The van der Waals surface area contributed by atoms with E-state index in [0.717, 1.165) is 30.4 Å². The molecule has 1 aliphatic heterocycles. The van der Waals surface area contributed by atoms with Crippen molar-refractivity contribution in [2.24, 2.45) is 0 Å². The zero-order chi connectivity index (χ0) is 20.9. The molecule has 30 heavy (non-hydrogen) atoms. The van der Waals surface area contributed by atoms with E-state index in [1.54, 1.807) is 20.3 Å². The van der Waals surface area contributed by atoms with Gasteiger partial charge in [0.2, 0.25) is 17.6 Å². The Balaban J connectivity index is 1.47. The van der Waals surface area contributed by atoms with Crippen molar-refractivity contribution in [1.82, 2.24) is 15.0 Å². The van der Waals surface area contributed by atoms with Gasteiger partial charge in [0.05, 0.1) is 14.2 Å². The van der Waals surface area contributed by atoms with E-state index < -0.39 is 0 Å². The average Bonchev–Trinajstić information content (AvgIpc) is 3.47. The lowest BCUT2D eigenvalue weighted by Gasteiger charge is -2.21. The Labute approximate surface area is 175 Å². The molecule has 0 N–H and O–H groups in total. The molecule has 1 aromatic heterocycles. The molecule has 0 unspecified atom stereocenters. The second-order valence-electron chi connectivity index (χ2n) is 7.26. The molecule has 2 heterocycles. The molecule has 3 aromatic rings. The minimum absolute atomic E-state index is 0.118. The van der Waals surface area contributed by atoms with Crippen molar-refractivity contribution in [1.29, 1.82) is 0 Å². The molecule has 7 heteroatoms. The second-order valence-corrected chi connectivity index (χ2v) is 7.26. The number of amides is 1. The lowest BCUT2D eigenvalue weighted by atomic mass is 10.1. The van der Waals surface area contributed by atoms with E-state index in [0.29, 0.717) is 36.2 Å². The number of methoxy groups -OCH3 is 2. The van der Waals surface area contributed by atoms with E-state index in [2.05, 4.69) is 10.1 Å². The van der Waals surface area contributed by atoms with Gasteiger partial charge >= 0.3 is 0 Å². The van der Waals surface area contributed by atoms with E-state index >= 15 is 0 Å². The highest BCUT2D eigenvalue weighted by Crippen LogP contribution is 2.34. The monoisotopic (exact) mass is 407 g/mol. The van der Waals surface area contributed by atoms with Gasteiger partial charge in [0, 0.05) is 18.5 Å². The van der Waals surface area contributed by atoms with Crippen LogP contribution in [0.3, 0.4) is 0 Å². The SMILES string of the molecule is COc1ccc(-c2noc([C@H]3CCCN3C(=O)CCc3ccccc3)n2)cc1OC. The van der Waals surface area contributed by atoms with Gasteiger partial charge in [-0.2, -0.15) is 4.98 Å². The molecule has 1 saturated heterocycles. The fourth-order valence-corrected chi connectivity index (χ4v) is 3.82. The number of likely N-dealkylation sites (tertiary alicyclic amines) is 1. The highest BCUT2D eigenvalue weighted by atomic mass is 16.5. The normalized spacial score (nSPS) is 15.9. The van der Waals surface area contributed by atoms with E-state index in [1.807, 2.05) is 47.4 Å². The maximum Gasteiger partial charge on any atom is 0.249 e. The maximum absolute atomic E-state index is 12.8. The second kappa shape index (κ2) is 8.98. The Morgan fingerprint density at radius 1 is 1.13 bits per heavy atom. The summed E-state index contributed by atoms with van der Waals surface area (Å²) in [6.07, 6.45) is 2.95. The summed E-state index contributed by atoms with van der Waals surface area (Å²) in [5.74, 6) is 2.29. The van der Waals surface area contributed by atoms with Crippen LogP contribution in [0.4, 0.5) is 0 Å². The Kier molecular flexibility index (Phi) is 5.97. The molecule has 0 bridgehead atoms. The number of hydrogen-bond donors (Lipinski definition) is 0. The minimum Gasteiger partial charge on any atom is -0.493 e. The van der Waals surface area contributed by atoms with Crippen LogP contribution in [-0.2, 0) is 11.2 Å². The van der Waals surface area contributed by atoms with Crippen LogP contribution in [0, 0.1) is 0 Å². The van der Waals surface area contributed by atoms with Gasteiger partial charge in [-0.25, -0.2) is 0 Å². The first-order chi connectivity index (χ1) is 14.7. The number of carbonyl (C=O) groups excluding carboxylic acids is 1. The molecule has 1 atom stereocenters. The van der Waals surface area contributed by atoms with E-state index in [1.165, 1.54) is 0 Å². The number of carbonyl (C=O) groups is 1. The van der Waals surface area contributed by atoms with Gasteiger partial charge in [-0.3, -0.25) is 4.79 Å². The van der Waals surface area contributed by atoms with Crippen LogP contribution in [0.25, 0.3) is 11.4 Å². The summed E-state index contributed by atoms with van der Waals surface area (Å²) in [6, 6.07) is 15.4. The summed E-state index contributed by atoms with van der Waals surface area (Å²) in [7, 11) is 3.17. The van der Waals surface area contributed by atoms with Crippen LogP contribution >= 0.6 is 0 Å². The largest absolute Gasteiger partial charge is 0.493 e. The topological polar surface area (TPSA) is 77.7 Å². The summed E-state index contributed by atoms with van der Waals surface area (Å²) in [6.45, 7) is 0.715. The number of nitrogens with zero attached hydrogens (tertiary/aromatic N) is 3. The van der Waals surface area contributed by atoms with Gasteiger partial charge in [-0.15, -0.1) is 0 Å². The molecule has 1 amide bonds. The maximum atomic E-state index is 12.8. The van der Waals surface area contributed by atoms with Crippen molar-refractivity contribution < 1.29 is 18.8 Å². The quantitative estimate of drug-likeness (QED) is 0.588. The number of rotatable bonds is 7. The predicted octanol–water partition coefficient (Wildman–Crippen LogP) is 4.05. The van der Waals surface area contributed by atoms with Gasteiger partial charge in [-0.1, -0.05) is 35.5 Å². The van der Waals surface area contributed by atoms with Gasteiger partial charge in [-0.05, 0) is 43.0 Å². The number of aryl methyl sites for hydroxylation is 1. The minimum atomic E-state index is -0.172. The third-order valence-electron chi connectivity index (χ3n) is 5.41. The molecule has 0 spiro atoms. The van der Waals surface area contributed by atoms with Gasteiger partial charge in [0.15, 0.2) is 11.5 Å². The average molecular weight is 407 g/mol. The summed E-state index contributed by atoms with van der Waals surface area (Å²) in [5.41, 5.74) is 1.93. The van der Waals surface area contributed by atoms with Crippen LogP contribution in [0.15, 0.2) is 53.1 Å². The smallest absolute Gasteiger partial charge is 0.249 e. The van der Waals surface area contributed by atoms with Gasteiger partial charge in [0.1, 0.15) is 6.04 Å². The zero-order valence-corrected chi connectivity index (χ0v) is 17.2. The molecular formula is C23H25N3O4. The molecular weight excluding hydrogens is 382 g/mol. The summed E-state index contributed by atoms with van der Waals surface area (Å²) >= 11 is 0. The van der Waals surface area contributed by atoms with Crippen LogP contribution in [0.5, 0.6) is 11.5 Å². The first-order valence-electron chi connectivity index (χ1n) is 10.1. The Morgan fingerprint density at radius 3 is 2.70 bits per heavy atom. The predicted molar refractivity (Wildman–Crippen MR) is 111 cm³/mol. The Bertz CT molecular complexity index is 1000. The Hall–Kier alpha value is -3.35. The summed E-state index contributed by atoms with van der Waals surface area (Å²) in [5, 5.41) is 4.13. The van der Waals surface area contributed by atoms with Crippen LogP contribution in [-0.4, -0.2) is 41.7 Å². The molecule has 4 rings (SSSR count). The third kappa shape index (κ3) is 4.15. The molecule has 7 nitrogen and oxygen atoms in total. The van der Waals surface area contributed by atoms with Crippen LogP contribution in [0.2, 0.25) is 0 Å². The third-order valence-corrected chi connectivity index (χ3v) is 5.41. The molecule has 0 saturated carbocycles. The highest BCUT2D eigenvalue weighted by molar-refractivity contribution is 5.77. The molecule has 1 fully saturated rings. The van der Waals surface area contributed by atoms with Crippen molar-refractivity contribution in [2.45, 2.75) is 31.7 Å². The van der Waals surface area contributed by atoms with Crippen molar-refractivity contribution in [2.75, 3.05) is 20.8 Å². The van der Waals surface area contributed by atoms with Crippen molar-refractivity contribution in [3.8, 4) is 22.9 Å². The summed E-state index contributed by atoms with van der Waals surface area (Å²) in [4.78, 5) is 19.3. The first kappa shape index (κ1) is 19.9. The number of aromatic nitrogens is 2. The van der Waals surface area contributed by atoms with Crippen LogP contribution < -0.4 is 9.47 Å². The van der Waals surface area contributed by atoms with Gasteiger partial charge in [0.25, 0.3) is 0 Å². The first-order valence-corrected chi connectivity index (χ1v) is 10.1. The highest BCUT2D eigenvalue weighted by Gasteiger charge is 2.33. The van der Waals surface area contributed by atoms with Crippen LogP contribution in [0.1, 0.15) is 36.8 Å². The molecule has 1 aliphatic rings. The molecule has 2 aromatic carbocycles. The number of benzene rings is 2. The van der Waals surface area contributed by atoms with E-state index in [-0.39, 0.29) is 11.9 Å². The lowest BCUT2D eigenvalue weighted by molar-refractivity contribution is -0.132. The standard InChI is InChI=1S/C23H25N3O4/c1-28-19-12-11-17(15-20(19)29-2)22-24-23(30-25-22)18-9-6-14-26(18)21(27)13-10-16-7-4-3-5-8-16/h3-5,7-8,11-12,15,18H,6,9-10,13-14H2,1-2H3/t18-/m1/s1. The van der Waals surface area contributed by atoms with Gasteiger partial charge < -0.3 is 18.9 Å². The molecule has 0 aliphatic carbocycles. The molecule has 156 valence electrons. The van der Waals surface area contributed by atoms with Crippen molar-refractivity contribution in [3.05, 3.63) is 60.0 Å². The van der Waals surface area contributed by atoms with E-state index in [9.17, 15) is 4.79 Å². The fraction of sp³-hybridized carbons (Fsp3) is 0.348. The van der Waals surface area contributed by atoms with E-state index in [4.69, 9.17) is 14.0 Å². The Morgan fingerprint density at radius 2 is 1.93 bits per heavy atom. The zero-order valence-electron chi connectivity index (χ0n) is 17.2. The summed E-state index contributed by atoms with van der Waals surface area (Å²) < 4.78 is 16.2. The number of ether oxygens (including phenoxy) is 2. The number of hydrogen-bond acceptors (Lipinski definition) is 6. The fourth-order valence-electron chi connectivity index (χ4n) is 3.82. The van der Waals surface area contributed by atoms with Crippen molar-refractivity contribution >= 4 is 5.91 Å². The lowest BCUT2D eigenvalue weighted by Crippen LogP contribution is -2.30. The molecule has 0 radical (unpaired) electrons.